The second-order valence-corrected chi connectivity index (χ2v) is 4.66. The Bertz CT molecular complexity index is 606. The standard InChI is InChI=1S/C16H20N2O3/c1-5-17-16-18(6-2)15(19)14(21-16)10-12-8-7-11(3)9-13(12)20-4/h7-10H,5-6H2,1-4H3/b14-10+,17-16-. The number of amidine groups is 1. The van der Waals surface area contributed by atoms with Crippen molar-refractivity contribution in [1.82, 2.24) is 4.90 Å². The molecule has 1 aliphatic heterocycles. The van der Waals surface area contributed by atoms with Crippen LogP contribution in [-0.4, -0.2) is 37.0 Å². The molecule has 0 aliphatic carbocycles. The molecule has 0 spiro atoms. The van der Waals surface area contributed by atoms with Crippen molar-refractivity contribution in [2.24, 2.45) is 4.99 Å². The fourth-order valence-electron chi connectivity index (χ4n) is 2.12. The van der Waals surface area contributed by atoms with Crippen molar-refractivity contribution < 1.29 is 14.3 Å². The van der Waals surface area contributed by atoms with Crippen molar-refractivity contribution in [3.8, 4) is 5.75 Å². The van der Waals surface area contributed by atoms with Crippen molar-refractivity contribution >= 4 is 18.0 Å². The molecule has 5 heteroatoms. The number of hydrogen-bond acceptors (Lipinski definition) is 4. The van der Waals surface area contributed by atoms with Gasteiger partial charge < -0.3 is 9.47 Å². The molecule has 1 fully saturated rings. The zero-order valence-electron chi connectivity index (χ0n) is 12.8. The van der Waals surface area contributed by atoms with E-state index in [4.69, 9.17) is 9.47 Å². The summed E-state index contributed by atoms with van der Waals surface area (Å²) >= 11 is 0. The Hall–Kier alpha value is -2.30. The van der Waals surface area contributed by atoms with Gasteiger partial charge in [0, 0.05) is 18.7 Å². The van der Waals surface area contributed by atoms with Crippen LogP contribution in [0.15, 0.2) is 29.0 Å². The molecule has 1 heterocycles. The Morgan fingerprint density at radius 1 is 1.38 bits per heavy atom. The predicted octanol–water partition coefficient (Wildman–Crippen LogP) is 2.60. The van der Waals surface area contributed by atoms with Gasteiger partial charge in [-0.05, 0) is 38.5 Å². The van der Waals surface area contributed by atoms with Gasteiger partial charge in [0.15, 0.2) is 5.76 Å². The average molecular weight is 288 g/mol. The molecule has 1 aromatic carbocycles. The Balaban J connectivity index is 2.38. The largest absolute Gasteiger partial charge is 0.496 e. The molecule has 0 radical (unpaired) electrons. The normalized spacial score (nSPS) is 18.5. The number of likely N-dealkylation sites (N-methyl/N-ethyl adjacent to an activating group) is 1. The summed E-state index contributed by atoms with van der Waals surface area (Å²) in [5, 5.41) is 0. The lowest BCUT2D eigenvalue weighted by atomic mass is 10.1. The molecule has 0 N–H and O–H groups in total. The number of nitrogens with zero attached hydrogens (tertiary/aromatic N) is 2. The van der Waals surface area contributed by atoms with Crippen molar-refractivity contribution in [2.75, 3.05) is 20.2 Å². The van der Waals surface area contributed by atoms with Gasteiger partial charge >= 0.3 is 0 Å². The molecule has 0 saturated carbocycles. The van der Waals surface area contributed by atoms with Crippen molar-refractivity contribution in [3.05, 3.63) is 35.1 Å². The minimum Gasteiger partial charge on any atom is -0.496 e. The van der Waals surface area contributed by atoms with E-state index in [9.17, 15) is 4.79 Å². The fraction of sp³-hybridized carbons (Fsp3) is 0.375. The number of methoxy groups -OCH3 is 1. The quantitative estimate of drug-likeness (QED) is 0.800. The van der Waals surface area contributed by atoms with Crippen molar-refractivity contribution in [3.63, 3.8) is 0 Å². The number of aryl methyl sites for hydroxylation is 1. The third-order valence-electron chi connectivity index (χ3n) is 3.17. The van der Waals surface area contributed by atoms with E-state index in [1.165, 1.54) is 4.90 Å². The predicted molar refractivity (Wildman–Crippen MR) is 82.2 cm³/mol. The molecule has 1 amide bonds. The second-order valence-electron chi connectivity index (χ2n) is 4.66. The summed E-state index contributed by atoms with van der Waals surface area (Å²) in [4.78, 5) is 18.0. The second kappa shape index (κ2) is 6.43. The first kappa shape index (κ1) is 15.1. The van der Waals surface area contributed by atoms with Crippen molar-refractivity contribution in [1.29, 1.82) is 0 Å². The van der Waals surface area contributed by atoms with E-state index in [1.807, 2.05) is 39.0 Å². The third kappa shape index (κ3) is 3.07. The van der Waals surface area contributed by atoms with Crippen molar-refractivity contribution in [2.45, 2.75) is 20.8 Å². The van der Waals surface area contributed by atoms with E-state index in [0.29, 0.717) is 24.9 Å². The Morgan fingerprint density at radius 3 is 2.76 bits per heavy atom. The highest BCUT2D eigenvalue weighted by Gasteiger charge is 2.33. The van der Waals surface area contributed by atoms with Crippen LogP contribution < -0.4 is 4.74 Å². The van der Waals surface area contributed by atoms with Crippen LogP contribution in [0.2, 0.25) is 0 Å². The molecule has 112 valence electrons. The summed E-state index contributed by atoms with van der Waals surface area (Å²) in [5.41, 5.74) is 1.90. The first-order chi connectivity index (χ1) is 10.1. The maximum Gasteiger partial charge on any atom is 0.300 e. The number of hydrogen-bond donors (Lipinski definition) is 0. The molecule has 0 bridgehead atoms. The van der Waals surface area contributed by atoms with E-state index in [-0.39, 0.29) is 11.7 Å². The van der Waals surface area contributed by atoms with E-state index >= 15 is 0 Å². The number of benzene rings is 1. The van der Waals surface area contributed by atoms with Crippen LogP contribution in [0.3, 0.4) is 0 Å². The smallest absolute Gasteiger partial charge is 0.300 e. The number of ether oxygens (including phenoxy) is 2. The zero-order valence-corrected chi connectivity index (χ0v) is 12.8. The fourth-order valence-corrected chi connectivity index (χ4v) is 2.12. The van der Waals surface area contributed by atoms with Crippen LogP contribution in [-0.2, 0) is 9.53 Å². The van der Waals surface area contributed by atoms with Gasteiger partial charge in [0.05, 0.1) is 7.11 Å². The zero-order chi connectivity index (χ0) is 15.4. The third-order valence-corrected chi connectivity index (χ3v) is 3.17. The molecular weight excluding hydrogens is 268 g/mol. The Kier molecular flexibility index (Phi) is 4.62. The Labute approximate surface area is 124 Å². The lowest BCUT2D eigenvalue weighted by molar-refractivity contribution is -0.122. The highest BCUT2D eigenvalue weighted by Crippen LogP contribution is 2.26. The van der Waals surface area contributed by atoms with E-state index in [2.05, 4.69) is 4.99 Å². The molecule has 5 nitrogen and oxygen atoms in total. The minimum atomic E-state index is -0.174. The monoisotopic (exact) mass is 288 g/mol. The number of rotatable bonds is 4. The van der Waals surface area contributed by atoms with E-state index in [1.54, 1.807) is 13.2 Å². The molecule has 21 heavy (non-hydrogen) atoms. The van der Waals surface area contributed by atoms with Crippen LogP contribution in [0, 0.1) is 6.92 Å². The topological polar surface area (TPSA) is 51.1 Å². The van der Waals surface area contributed by atoms with Crippen LogP contribution >= 0.6 is 0 Å². The Morgan fingerprint density at radius 2 is 2.14 bits per heavy atom. The van der Waals surface area contributed by atoms with Crippen LogP contribution in [0.4, 0.5) is 0 Å². The number of carbonyl (C=O) groups excluding carboxylic acids is 1. The minimum absolute atomic E-state index is 0.174. The van der Waals surface area contributed by atoms with Crippen LogP contribution in [0.5, 0.6) is 5.75 Å². The maximum absolute atomic E-state index is 12.3. The summed E-state index contributed by atoms with van der Waals surface area (Å²) in [5.74, 6) is 0.807. The van der Waals surface area contributed by atoms with Gasteiger partial charge in [0.25, 0.3) is 11.9 Å². The lowest BCUT2D eigenvalue weighted by Crippen LogP contribution is -2.29. The summed E-state index contributed by atoms with van der Waals surface area (Å²) < 4.78 is 10.9. The molecule has 1 aromatic rings. The van der Waals surface area contributed by atoms with Gasteiger partial charge in [-0.1, -0.05) is 12.1 Å². The molecule has 1 saturated heterocycles. The highest BCUT2D eigenvalue weighted by molar-refractivity contribution is 6.11. The summed E-state index contributed by atoms with van der Waals surface area (Å²) in [6.07, 6.45) is 1.70. The van der Waals surface area contributed by atoms with Gasteiger partial charge in [-0.25, -0.2) is 4.99 Å². The SMILES string of the molecule is CC/N=C1\O/C(=C/c2ccc(C)cc2OC)C(=O)N1CC. The summed E-state index contributed by atoms with van der Waals surface area (Å²) in [6, 6.07) is 6.16. The number of carbonyl (C=O) groups is 1. The molecule has 0 aromatic heterocycles. The molecular formula is C16H20N2O3. The molecule has 1 aliphatic rings. The average Bonchev–Trinajstić information content (AvgIpc) is 2.76. The summed E-state index contributed by atoms with van der Waals surface area (Å²) in [7, 11) is 1.61. The number of amides is 1. The first-order valence-electron chi connectivity index (χ1n) is 7.01. The van der Waals surface area contributed by atoms with Crippen LogP contribution in [0.1, 0.15) is 25.0 Å². The van der Waals surface area contributed by atoms with E-state index < -0.39 is 0 Å². The number of aliphatic imine (C=N–C) groups is 1. The lowest BCUT2D eigenvalue weighted by Gasteiger charge is -2.08. The van der Waals surface area contributed by atoms with E-state index in [0.717, 1.165) is 11.1 Å². The van der Waals surface area contributed by atoms with Gasteiger partial charge in [-0.2, -0.15) is 0 Å². The summed E-state index contributed by atoms with van der Waals surface area (Å²) in [6.45, 7) is 6.88. The molecule has 0 unspecified atom stereocenters. The van der Waals surface area contributed by atoms with Gasteiger partial charge in [-0.3, -0.25) is 9.69 Å². The van der Waals surface area contributed by atoms with Gasteiger partial charge in [0.2, 0.25) is 0 Å². The molecule has 2 rings (SSSR count). The highest BCUT2D eigenvalue weighted by atomic mass is 16.5. The first-order valence-corrected chi connectivity index (χ1v) is 7.01. The maximum atomic E-state index is 12.3. The van der Waals surface area contributed by atoms with Crippen LogP contribution in [0.25, 0.3) is 6.08 Å². The molecule has 0 atom stereocenters. The van der Waals surface area contributed by atoms with Gasteiger partial charge in [0.1, 0.15) is 5.75 Å². The van der Waals surface area contributed by atoms with Gasteiger partial charge in [-0.15, -0.1) is 0 Å².